The molecule has 2 heterocycles. The Morgan fingerprint density at radius 1 is 1.35 bits per heavy atom. The average Bonchev–Trinajstić information content (AvgIpc) is 3.29. The molecule has 0 radical (unpaired) electrons. The lowest BCUT2D eigenvalue weighted by Gasteiger charge is -2.32. The highest BCUT2D eigenvalue weighted by Gasteiger charge is 2.61. The van der Waals surface area contributed by atoms with Crippen LogP contribution >= 0.6 is 11.3 Å². The van der Waals surface area contributed by atoms with Gasteiger partial charge in [-0.25, -0.2) is 9.78 Å². The van der Waals surface area contributed by atoms with Crippen LogP contribution in [0.15, 0.2) is 35.2 Å². The van der Waals surface area contributed by atoms with Crippen molar-refractivity contribution in [3.8, 4) is 5.75 Å². The van der Waals surface area contributed by atoms with Crippen LogP contribution in [0.5, 0.6) is 5.75 Å². The van der Waals surface area contributed by atoms with Crippen LogP contribution in [0.4, 0.5) is 0 Å². The number of ether oxygens (including phenoxy) is 1. The number of carboxylic acids is 1. The Balaban J connectivity index is 1.52. The van der Waals surface area contributed by atoms with E-state index in [0.717, 1.165) is 42.7 Å². The van der Waals surface area contributed by atoms with Gasteiger partial charge in [-0.1, -0.05) is 31.4 Å². The highest BCUT2D eigenvalue weighted by molar-refractivity contribution is 7.07. The van der Waals surface area contributed by atoms with Gasteiger partial charge in [-0.15, -0.1) is 11.3 Å². The van der Waals surface area contributed by atoms with E-state index in [4.69, 9.17) is 9.57 Å². The number of aromatic nitrogens is 1. The Kier molecular flexibility index (Phi) is 4.93. The van der Waals surface area contributed by atoms with Crippen LogP contribution in [0.2, 0.25) is 0 Å². The fraction of sp³-hybridized carbons (Fsp3) is 0.474. The molecule has 1 saturated carbocycles. The number of nitrogens with one attached hydrogen (secondary N) is 1. The number of thiazole rings is 1. The minimum Gasteiger partial charge on any atom is -0.487 e. The minimum absolute atomic E-state index is 0.201. The zero-order chi connectivity index (χ0) is 18.0. The molecule has 1 aliphatic carbocycles. The third-order valence-electron chi connectivity index (χ3n) is 5.31. The van der Waals surface area contributed by atoms with Crippen LogP contribution in [0.25, 0.3) is 0 Å². The second-order valence-corrected chi connectivity index (χ2v) is 7.68. The lowest BCUT2D eigenvalue weighted by molar-refractivity contribution is -0.145. The minimum atomic E-state index is -1.29. The maximum absolute atomic E-state index is 11.8. The number of hydrogen-bond donors (Lipinski definition) is 2. The quantitative estimate of drug-likeness (QED) is 0.718. The van der Waals surface area contributed by atoms with E-state index in [-0.39, 0.29) is 5.92 Å². The van der Waals surface area contributed by atoms with E-state index in [1.807, 2.05) is 29.6 Å². The Bertz CT molecular complexity index is 737. The van der Waals surface area contributed by atoms with Gasteiger partial charge in [0.1, 0.15) is 12.4 Å². The molecule has 4 rings (SSSR count). The predicted molar refractivity (Wildman–Crippen MR) is 96.8 cm³/mol. The molecule has 2 aromatic rings. The topological polar surface area (TPSA) is 93.9 Å². The third-order valence-corrected chi connectivity index (χ3v) is 5.94. The lowest BCUT2D eigenvalue weighted by Crippen LogP contribution is -2.39. The van der Waals surface area contributed by atoms with Crippen molar-refractivity contribution in [3.05, 3.63) is 46.4 Å². The second kappa shape index (κ2) is 7.34. The van der Waals surface area contributed by atoms with Gasteiger partial charge in [0.15, 0.2) is 0 Å². The van der Waals surface area contributed by atoms with Crippen molar-refractivity contribution in [2.75, 3.05) is 0 Å². The highest BCUT2D eigenvalue weighted by atomic mass is 32.1. The average molecular weight is 374 g/mol. The van der Waals surface area contributed by atoms with Gasteiger partial charge in [0.05, 0.1) is 11.2 Å². The van der Waals surface area contributed by atoms with Crippen molar-refractivity contribution in [1.29, 1.82) is 0 Å². The van der Waals surface area contributed by atoms with Crippen molar-refractivity contribution in [3.63, 3.8) is 0 Å². The van der Waals surface area contributed by atoms with Gasteiger partial charge in [0, 0.05) is 11.3 Å². The molecule has 138 valence electrons. The molecule has 2 fully saturated rings. The van der Waals surface area contributed by atoms with Crippen molar-refractivity contribution in [1.82, 2.24) is 10.5 Å². The van der Waals surface area contributed by atoms with E-state index in [1.54, 1.807) is 16.8 Å². The molecular formula is C19H22N2O4S. The summed E-state index contributed by atoms with van der Waals surface area (Å²) in [5.41, 5.74) is 5.04. The van der Waals surface area contributed by atoms with Gasteiger partial charge in [-0.2, -0.15) is 5.48 Å². The van der Waals surface area contributed by atoms with Crippen LogP contribution < -0.4 is 10.2 Å². The first-order valence-corrected chi connectivity index (χ1v) is 9.92. The van der Waals surface area contributed by atoms with Gasteiger partial charge in [0.25, 0.3) is 5.72 Å². The zero-order valence-corrected chi connectivity index (χ0v) is 15.2. The summed E-state index contributed by atoms with van der Waals surface area (Å²) in [6, 6.07) is 7.72. The summed E-state index contributed by atoms with van der Waals surface area (Å²) in [7, 11) is 0. The monoisotopic (exact) mass is 374 g/mol. The number of nitrogens with zero attached hydrogens (tertiary/aromatic N) is 1. The zero-order valence-electron chi connectivity index (χ0n) is 14.4. The number of carbonyl (C=O) groups is 1. The van der Waals surface area contributed by atoms with Crippen LogP contribution in [-0.2, 0) is 16.2 Å². The molecule has 0 bridgehead atoms. The van der Waals surface area contributed by atoms with E-state index in [2.05, 4.69) is 10.5 Å². The maximum atomic E-state index is 11.8. The largest absolute Gasteiger partial charge is 0.487 e. The molecule has 0 amide bonds. The van der Waals surface area contributed by atoms with Crippen LogP contribution in [0, 0.1) is 5.92 Å². The predicted octanol–water partition coefficient (Wildman–Crippen LogP) is 3.70. The van der Waals surface area contributed by atoms with Crippen LogP contribution in [-0.4, -0.2) is 21.8 Å². The summed E-state index contributed by atoms with van der Waals surface area (Å²) >= 11 is 1.54. The smallest absolute Gasteiger partial charge is 0.356 e. The Labute approximate surface area is 156 Å². The summed E-state index contributed by atoms with van der Waals surface area (Å²) < 4.78 is 5.76. The van der Waals surface area contributed by atoms with Crippen molar-refractivity contribution >= 4 is 17.3 Å². The van der Waals surface area contributed by atoms with Gasteiger partial charge in [0.2, 0.25) is 0 Å². The first kappa shape index (κ1) is 17.5. The number of hydroxylamine groups is 1. The first-order chi connectivity index (χ1) is 12.7. The molecule has 2 atom stereocenters. The first-order valence-electron chi connectivity index (χ1n) is 8.97. The van der Waals surface area contributed by atoms with Crippen molar-refractivity contribution in [2.45, 2.75) is 50.4 Å². The number of aliphatic carboxylic acids is 1. The molecule has 6 nitrogen and oxygen atoms in total. The lowest BCUT2D eigenvalue weighted by atomic mass is 9.72. The van der Waals surface area contributed by atoms with Gasteiger partial charge < -0.3 is 9.84 Å². The van der Waals surface area contributed by atoms with E-state index < -0.39 is 11.7 Å². The fourth-order valence-corrected chi connectivity index (χ4v) is 4.49. The van der Waals surface area contributed by atoms with E-state index in [1.165, 1.54) is 6.42 Å². The van der Waals surface area contributed by atoms with E-state index in [0.29, 0.717) is 12.5 Å². The Morgan fingerprint density at radius 2 is 2.08 bits per heavy atom. The summed E-state index contributed by atoms with van der Waals surface area (Å²) in [6.07, 6.45) is 5.58. The molecule has 2 aliphatic rings. The van der Waals surface area contributed by atoms with E-state index in [9.17, 15) is 9.90 Å². The fourth-order valence-electron chi connectivity index (χ4n) is 3.95. The molecule has 1 aliphatic heterocycles. The molecule has 2 N–H and O–H groups in total. The van der Waals surface area contributed by atoms with E-state index >= 15 is 0 Å². The summed E-state index contributed by atoms with van der Waals surface area (Å²) in [5, 5.41) is 11.7. The molecular weight excluding hydrogens is 352 g/mol. The molecule has 26 heavy (non-hydrogen) atoms. The van der Waals surface area contributed by atoms with Crippen LogP contribution in [0.1, 0.15) is 49.3 Å². The molecule has 1 aromatic carbocycles. The molecule has 1 saturated heterocycles. The standard InChI is InChI=1S/C19H22N2O4S/c22-18(23)19(21-25-19)17(13-4-2-1-3-5-13)14-6-8-16(9-7-14)24-10-15-11-26-12-20-15/h6-9,11-13,17,21H,1-5,10H2,(H,22,23). The third kappa shape index (κ3) is 3.47. The SMILES string of the molecule is O=C(O)C1(C(c2ccc(OCc3cscn3)cc2)C2CCCCC2)NO1. The van der Waals surface area contributed by atoms with Gasteiger partial charge in [-0.05, 0) is 36.5 Å². The van der Waals surface area contributed by atoms with Crippen LogP contribution in [0.3, 0.4) is 0 Å². The number of hydrogen-bond acceptors (Lipinski definition) is 6. The normalized spacial score (nSPS) is 24.2. The summed E-state index contributed by atoms with van der Waals surface area (Å²) in [5.74, 6) is -0.0976. The summed E-state index contributed by atoms with van der Waals surface area (Å²) in [4.78, 5) is 21.3. The van der Waals surface area contributed by atoms with Gasteiger partial charge in [-0.3, -0.25) is 4.84 Å². The number of rotatable bonds is 7. The molecule has 0 spiro atoms. The molecule has 1 aromatic heterocycles. The number of benzene rings is 1. The van der Waals surface area contributed by atoms with Crippen molar-refractivity contribution < 1.29 is 19.5 Å². The summed E-state index contributed by atoms with van der Waals surface area (Å²) in [6.45, 7) is 0.429. The number of carboxylic acid groups (broad SMARTS) is 1. The Morgan fingerprint density at radius 3 is 2.65 bits per heavy atom. The highest BCUT2D eigenvalue weighted by Crippen LogP contribution is 2.47. The Hall–Kier alpha value is -1.96. The van der Waals surface area contributed by atoms with Crippen molar-refractivity contribution in [2.24, 2.45) is 5.92 Å². The molecule has 2 unspecified atom stereocenters. The maximum Gasteiger partial charge on any atom is 0.356 e. The second-order valence-electron chi connectivity index (χ2n) is 6.96. The van der Waals surface area contributed by atoms with Gasteiger partial charge >= 0.3 is 5.97 Å². The molecule has 7 heteroatoms.